The van der Waals surface area contributed by atoms with Crippen LogP contribution in [0.5, 0.6) is 11.5 Å². The maximum absolute atomic E-state index is 5.72. The first-order valence-electron chi connectivity index (χ1n) is 6.04. The van der Waals surface area contributed by atoms with Crippen molar-refractivity contribution in [3.8, 4) is 11.5 Å². The number of hydrogen-bond donors (Lipinski definition) is 0. The number of methoxy groups -OCH3 is 1. The topological polar surface area (TPSA) is 61.5 Å². The molecule has 0 aliphatic carbocycles. The molecule has 0 radical (unpaired) electrons. The quantitative estimate of drug-likeness (QED) is 0.745. The molecule has 2 rings (SSSR count). The molecule has 0 aliphatic rings. The molecule has 0 aliphatic heterocycles. The van der Waals surface area contributed by atoms with Gasteiger partial charge < -0.3 is 9.47 Å². The molecule has 0 spiro atoms. The second kappa shape index (κ2) is 6.53. The smallest absolute Gasteiger partial charge is 0.169 e. The van der Waals surface area contributed by atoms with Crippen molar-refractivity contribution < 1.29 is 9.47 Å². The highest BCUT2D eigenvalue weighted by Crippen LogP contribution is 2.30. The molecular weight excluding hydrogens is 244 g/mol. The highest BCUT2D eigenvalue weighted by Gasteiger charge is 2.08. The maximum atomic E-state index is 5.72. The van der Waals surface area contributed by atoms with E-state index >= 15 is 0 Å². The van der Waals surface area contributed by atoms with Gasteiger partial charge in [-0.3, -0.25) is 0 Å². The van der Waals surface area contributed by atoms with E-state index < -0.39 is 0 Å². The summed E-state index contributed by atoms with van der Waals surface area (Å²) < 4.78 is 12.5. The van der Waals surface area contributed by atoms with E-state index in [0.717, 1.165) is 12.0 Å². The van der Waals surface area contributed by atoms with Crippen molar-refractivity contribution in [2.24, 2.45) is 5.10 Å². The molecule has 1 aromatic carbocycles. The normalized spacial score (nSPS) is 10.8. The molecule has 6 heteroatoms. The summed E-state index contributed by atoms with van der Waals surface area (Å²) in [6.45, 7) is 2.69. The molecule has 0 amide bonds. The molecule has 0 saturated carbocycles. The first-order chi connectivity index (χ1) is 9.35. The Balaban J connectivity index is 2.27. The van der Waals surface area contributed by atoms with E-state index in [0.29, 0.717) is 18.1 Å². The Kier molecular flexibility index (Phi) is 4.49. The lowest BCUT2D eigenvalue weighted by molar-refractivity contribution is 0.294. The Morgan fingerprint density at radius 2 is 2.11 bits per heavy atom. The fourth-order valence-corrected chi connectivity index (χ4v) is 1.54. The molecule has 100 valence electrons. The van der Waals surface area contributed by atoms with E-state index in [4.69, 9.17) is 9.47 Å². The zero-order valence-electron chi connectivity index (χ0n) is 11.0. The van der Waals surface area contributed by atoms with Crippen LogP contribution in [0.2, 0.25) is 0 Å². The van der Waals surface area contributed by atoms with Crippen molar-refractivity contribution >= 4 is 6.21 Å². The van der Waals surface area contributed by atoms with E-state index in [9.17, 15) is 0 Å². The summed E-state index contributed by atoms with van der Waals surface area (Å²) in [5.74, 6) is 1.39. The number of ether oxygens (including phenoxy) is 2. The summed E-state index contributed by atoms with van der Waals surface area (Å²) in [6, 6.07) is 5.67. The van der Waals surface area contributed by atoms with E-state index in [2.05, 4.69) is 22.2 Å². The van der Waals surface area contributed by atoms with E-state index in [-0.39, 0.29) is 0 Å². The molecule has 0 bridgehead atoms. The molecule has 6 nitrogen and oxygen atoms in total. The van der Waals surface area contributed by atoms with E-state index in [1.165, 1.54) is 17.3 Å². The van der Waals surface area contributed by atoms with Crippen LogP contribution in [-0.2, 0) is 0 Å². The Hall–Kier alpha value is -2.37. The molecular formula is C13H16N4O2. The van der Waals surface area contributed by atoms with Crippen LogP contribution in [0.4, 0.5) is 0 Å². The van der Waals surface area contributed by atoms with Crippen LogP contribution < -0.4 is 9.47 Å². The minimum atomic E-state index is 0.633. The molecule has 0 saturated heterocycles. The Morgan fingerprint density at radius 3 is 2.79 bits per heavy atom. The number of nitrogens with zero attached hydrogens (tertiary/aromatic N) is 4. The zero-order chi connectivity index (χ0) is 13.5. The lowest BCUT2D eigenvalue weighted by Crippen LogP contribution is -2.01. The Morgan fingerprint density at radius 1 is 1.32 bits per heavy atom. The molecule has 1 aromatic heterocycles. The third-order valence-corrected chi connectivity index (χ3v) is 2.42. The second-order valence-electron chi connectivity index (χ2n) is 3.81. The van der Waals surface area contributed by atoms with Gasteiger partial charge in [0.05, 0.1) is 19.9 Å². The molecule has 0 N–H and O–H groups in total. The van der Waals surface area contributed by atoms with Gasteiger partial charge in [0.2, 0.25) is 0 Å². The third-order valence-electron chi connectivity index (χ3n) is 2.42. The van der Waals surface area contributed by atoms with Gasteiger partial charge in [-0.25, -0.2) is 4.68 Å². The highest BCUT2D eigenvalue weighted by atomic mass is 16.5. The number of aromatic nitrogens is 3. The van der Waals surface area contributed by atoms with Crippen LogP contribution >= 0.6 is 0 Å². The van der Waals surface area contributed by atoms with E-state index in [1.54, 1.807) is 13.3 Å². The number of para-hydroxylation sites is 1. The first-order valence-corrected chi connectivity index (χ1v) is 6.04. The third kappa shape index (κ3) is 3.31. The van der Waals surface area contributed by atoms with Gasteiger partial charge in [-0.2, -0.15) is 5.10 Å². The van der Waals surface area contributed by atoms with Crippen LogP contribution in [0, 0.1) is 0 Å². The maximum Gasteiger partial charge on any atom is 0.169 e. The highest BCUT2D eigenvalue weighted by molar-refractivity contribution is 5.85. The minimum absolute atomic E-state index is 0.633. The number of benzene rings is 1. The van der Waals surface area contributed by atoms with Gasteiger partial charge in [0.25, 0.3) is 0 Å². The molecule has 2 aromatic rings. The standard InChI is InChI=1S/C13H16N4O2/c1-3-7-19-13-11(5-4-6-12(13)18-2)8-16-17-9-14-15-10-17/h4-6,8-10H,3,7H2,1-2H3/b16-8-. The average Bonchev–Trinajstić information content (AvgIpc) is 2.96. The summed E-state index contributed by atoms with van der Waals surface area (Å²) in [5.41, 5.74) is 0.849. The van der Waals surface area contributed by atoms with Crippen molar-refractivity contribution in [3.63, 3.8) is 0 Å². The fraction of sp³-hybridized carbons (Fsp3) is 0.308. The SMILES string of the molecule is CCCOc1c(/C=N\n2cnnc2)cccc1OC. The number of hydrogen-bond acceptors (Lipinski definition) is 5. The second-order valence-corrected chi connectivity index (χ2v) is 3.81. The van der Waals surface area contributed by atoms with Crippen LogP contribution in [0.1, 0.15) is 18.9 Å². The van der Waals surface area contributed by atoms with Gasteiger partial charge in [-0.1, -0.05) is 13.0 Å². The predicted octanol–water partition coefficient (Wildman–Crippen LogP) is 1.96. The van der Waals surface area contributed by atoms with Gasteiger partial charge in [0, 0.05) is 5.56 Å². The average molecular weight is 260 g/mol. The van der Waals surface area contributed by atoms with Gasteiger partial charge >= 0.3 is 0 Å². The summed E-state index contributed by atoms with van der Waals surface area (Å²) in [7, 11) is 1.62. The van der Waals surface area contributed by atoms with Crippen molar-refractivity contribution in [3.05, 3.63) is 36.4 Å². The van der Waals surface area contributed by atoms with Crippen molar-refractivity contribution in [2.75, 3.05) is 13.7 Å². The molecule has 0 unspecified atom stereocenters. The van der Waals surface area contributed by atoms with Gasteiger partial charge in [0.1, 0.15) is 12.7 Å². The summed E-state index contributed by atoms with van der Waals surface area (Å²) in [5, 5.41) is 11.6. The molecule has 1 heterocycles. The summed E-state index contributed by atoms with van der Waals surface area (Å²) in [6.07, 6.45) is 5.66. The van der Waals surface area contributed by atoms with Gasteiger partial charge in [-0.05, 0) is 18.6 Å². The minimum Gasteiger partial charge on any atom is -0.493 e. The van der Waals surface area contributed by atoms with E-state index in [1.807, 2.05) is 18.2 Å². The lowest BCUT2D eigenvalue weighted by Gasteiger charge is -2.12. The van der Waals surface area contributed by atoms with Crippen molar-refractivity contribution in [1.82, 2.24) is 14.9 Å². The van der Waals surface area contributed by atoms with Crippen molar-refractivity contribution in [1.29, 1.82) is 0 Å². The first kappa shape index (κ1) is 13.1. The predicted molar refractivity (Wildman–Crippen MR) is 71.8 cm³/mol. The lowest BCUT2D eigenvalue weighted by atomic mass is 10.2. The molecule has 0 atom stereocenters. The Bertz CT molecular complexity index is 538. The molecule has 0 fully saturated rings. The van der Waals surface area contributed by atoms with Crippen LogP contribution in [0.3, 0.4) is 0 Å². The monoisotopic (exact) mass is 260 g/mol. The van der Waals surface area contributed by atoms with Gasteiger partial charge in [0.15, 0.2) is 11.5 Å². The fourth-order valence-electron chi connectivity index (χ4n) is 1.54. The van der Waals surface area contributed by atoms with Gasteiger partial charge in [-0.15, -0.1) is 10.2 Å². The molecule has 19 heavy (non-hydrogen) atoms. The van der Waals surface area contributed by atoms with Crippen LogP contribution in [0.15, 0.2) is 36.0 Å². The number of rotatable bonds is 6. The van der Waals surface area contributed by atoms with Crippen molar-refractivity contribution in [2.45, 2.75) is 13.3 Å². The largest absolute Gasteiger partial charge is 0.493 e. The zero-order valence-corrected chi connectivity index (χ0v) is 11.0. The summed E-state index contributed by atoms with van der Waals surface area (Å²) in [4.78, 5) is 0. The van der Waals surface area contributed by atoms with Crippen LogP contribution in [0.25, 0.3) is 0 Å². The van der Waals surface area contributed by atoms with Crippen LogP contribution in [-0.4, -0.2) is 34.8 Å². The Labute approximate surface area is 111 Å². The summed E-state index contributed by atoms with van der Waals surface area (Å²) >= 11 is 0.